The van der Waals surface area contributed by atoms with E-state index in [4.69, 9.17) is 9.47 Å². The minimum Gasteiger partial charge on any atom is -0.456 e. The highest BCUT2D eigenvalue weighted by Gasteiger charge is 2.51. The summed E-state index contributed by atoms with van der Waals surface area (Å²) >= 11 is 0. The summed E-state index contributed by atoms with van der Waals surface area (Å²) in [7, 11) is 1.61. The van der Waals surface area contributed by atoms with E-state index >= 15 is 0 Å². The molecule has 2 aliphatic heterocycles. The van der Waals surface area contributed by atoms with Crippen molar-refractivity contribution >= 4 is 5.97 Å². The maximum Gasteiger partial charge on any atom is 0.377 e. The Kier molecular flexibility index (Phi) is 5.29. The van der Waals surface area contributed by atoms with Crippen molar-refractivity contribution in [1.29, 1.82) is 0 Å². The van der Waals surface area contributed by atoms with Crippen LogP contribution in [0.1, 0.15) is 19.3 Å². The maximum atomic E-state index is 13.2. The minimum absolute atomic E-state index is 0.336. The first-order valence-electron chi connectivity index (χ1n) is 7.05. The Morgan fingerprint density at radius 2 is 2.30 bits per heavy atom. The number of rotatable bonds is 7. The molecular formula is C13H22F2N2O3. The van der Waals surface area contributed by atoms with Gasteiger partial charge in [-0.15, -0.1) is 0 Å². The molecule has 0 spiro atoms. The van der Waals surface area contributed by atoms with Crippen LogP contribution in [0.25, 0.3) is 0 Å². The summed E-state index contributed by atoms with van der Waals surface area (Å²) in [4.78, 5) is 13.1. The Labute approximate surface area is 117 Å². The molecule has 0 bridgehead atoms. The first-order chi connectivity index (χ1) is 9.51. The molecule has 0 aromatic rings. The van der Waals surface area contributed by atoms with Gasteiger partial charge in [0, 0.05) is 32.8 Å². The van der Waals surface area contributed by atoms with E-state index in [-0.39, 0.29) is 0 Å². The van der Waals surface area contributed by atoms with Crippen molar-refractivity contribution in [2.45, 2.75) is 37.3 Å². The number of esters is 1. The van der Waals surface area contributed by atoms with E-state index in [1.54, 1.807) is 7.11 Å². The van der Waals surface area contributed by atoms with Gasteiger partial charge < -0.3 is 14.8 Å². The number of halogens is 2. The zero-order valence-electron chi connectivity index (χ0n) is 11.7. The number of hydrogen-bond donors (Lipinski definition) is 1. The van der Waals surface area contributed by atoms with Gasteiger partial charge in [0.1, 0.15) is 6.10 Å². The third kappa shape index (κ3) is 4.10. The number of nitrogens with zero attached hydrogens (tertiary/aromatic N) is 1. The Morgan fingerprint density at radius 1 is 1.50 bits per heavy atom. The molecular weight excluding hydrogens is 270 g/mol. The van der Waals surface area contributed by atoms with Gasteiger partial charge >= 0.3 is 11.9 Å². The Balaban J connectivity index is 1.85. The number of alkyl halides is 2. The summed E-state index contributed by atoms with van der Waals surface area (Å²) in [6.45, 7) is 3.28. The van der Waals surface area contributed by atoms with Gasteiger partial charge in [-0.2, -0.15) is 8.78 Å². The summed E-state index contributed by atoms with van der Waals surface area (Å²) in [6.07, 6.45) is 0.979. The molecule has 7 heteroatoms. The van der Waals surface area contributed by atoms with Gasteiger partial charge in [0.15, 0.2) is 0 Å². The second kappa shape index (κ2) is 6.78. The van der Waals surface area contributed by atoms with Crippen LogP contribution in [0.2, 0.25) is 0 Å². The first-order valence-corrected chi connectivity index (χ1v) is 7.05. The first kappa shape index (κ1) is 15.6. The molecule has 2 aliphatic rings. The van der Waals surface area contributed by atoms with Gasteiger partial charge in [0.25, 0.3) is 0 Å². The van der Waals surface area contributed by atoms with Crippen molar-refractivity contribution in [3.63, 3.8) is 0 Å². The average molecular weight is 292 g/mol. The van der Waals surface area contributed by atoms with E-state index in [0.717, 1.165) is 25.9 Å². The quantitative estimate of drug-likeness (QED) is 0.698. The molecule has 0 aromatic heterocycles. The molecule has 2 atom stereocenters. The highest BCUT2D eigenvalue weighted by Crippen LogP contribution is 2.31. The number of carbonyl (C=O) groups excluding carboxylic acids is 1. The van der Waals surface area contributed by atoms with Crippen molar-refractivity contribution in [2.75, 3.05) is 39.9 Å². The van der Waals surface area contributed by atoms with E-state index in [1.165, 1.54) is 0 Å². The third-order valence-electron chi connectivity index (χ3n) is 3.77. The SMILES string of the molecule is COCCN(CC1CCCN1)CC1CC(F)(F)C(=O)O1. The van der Waals surface area contributed by atoms with Crippen molar-refractivity contribution in [1.82, 2.24) is 10.2 Å². The van der Waals surface area contributed by atoms with E-state index in [2.05, 4.69) is 5.32 Å². The highest BCUT2D eigenvalue weighted by atomic mass is 19.3. The molecule has 20 heavy (non-hydrogen) atoms. The van der Waals surface area contributed by atoms with Crippen LogP contribution in [0.3, 0.4) is 0 Å². The second-order valence-corrected chi connectivity index (χ2v) is 5.48. The Bertz CT molecular complexity index is 336. The lowest BCUT2D eigenvalue weighted by Crippen LogP contribution is -2.42. The van der Waals surface area contributed by atoms with Crippen LogP contribution in [0, 0.1) is 0 Å². The molecule has 2 saturated heterocycles. The maximum absolute atomic E-state index is 13.2. The van der Waals surface area contributed by atoms with Gasteiger partial charge in [0.05, 0.1) is 13.0 Å². The predicted octanol–water partition coefficient (Wildman–Crippen LogP) is 0.638. The molecule has 2 fully saturated rings. The predicted molar refractivity (Wildman–Crippen MR) is 68.8 cm³/mol. The number of ether oxygens (including phenoxy) is 2. The zero-order valence-corrected chi connectivity index (χ0v) is 11.7. The minimum atomic E-state index is -3.33. The molecule has 116 valence electrons. The fourth-order valence-corrected chi connectivity index (χ4v) is 2.74. The number of carbonyl (C=O) groups is 1. The molecule has 0 aliphatic carbocycles. The van der Waals surface area contributed by atoms with E-state index < -0.39 is 24.4 Å². The lowest BCUT2D eigenvalue weighted by molar-refractivity contribution is -0.159. The van der Waals surface area contributed by atoms with Crippen LogP contribution < -0.4 is 5.32 Å². The third-order valence-corrected chi connectivity index (χ3v) is 3.77. The molecule has 2 heterocycles. The largest absolute Gasteiger partial charge is 0.456 e. The highest BCUT2D eigenvalue weighted by molar-refractivity contribution is 5.79. The zero-order chi connectivity index (χ0) is 14.6. The van der Waals surface area contributed by atoms with E-state index in [1.807, 2.05) is 4.90 Å². The van der Waals surface area contributed by atoms with Crippen molar-refractivity contribution in [2.24, 2.45) is 0 Å². The Morgan fingerprint density at radius 3 is 2.85 bits per heavy atom. The molecule has 0 saturated carbocycles. The van der Waals surface area contributed by atoms with Crippen LogP contribution in [-0.4, -0.2) is 68.8 Å². The number of methoxy groups -OCH3 is 1. The normalized spacial score (nSPS) is 29.1. The van der Waals surface area contributed by atoms with Crippen LogP contribution >= 0.6 is 0 Å². The lowest BCUT2D eigenvalue weighted by atomic mass is 10.1. The standard InChI is InChI=1S/C13H22F2N2O3/c1-19-6-5-17(8-10-3-2-4-16-10)9-11-7-13(14,15)12(18)20-11/h10-11,16H,2-9H2,1H3. The van der Waals surface area contributed by atoms with Crippen LogP contribution in [-0.2, 0) is 14.3 Å². The molecule has 5 nitrogen and oxygen atoms in total. The van der Waals surface area contributed by atoms with E-state index in [9.17, 15) is 13.6 Å². The van der Waals surface area contributed by atoms with Crippen molar-refractivity contribution in [3.8, 4) is 0 Å². The molecule has 2 rings (SSSR count). The molecule has 0 aromatic carbocycles. The van der Waals surface area contributed by atoms with Crippen molar-refractivity contribution in [3.05, 3.63) is 0 Å². The van der Waals surface area contributed by atoms with Gasteiger partial charge in [-0.3, -0.25) is 4.90 Å². The summed E-state index contributed by atoms with van der Waals surface area (Å²) in [5.74, 6) is -4.73. The van der Waals surface area contributed by atoms with E-state index in [0.29, 0.717) is 25.7 Å². The second-order valence-electron chi connectivity index (χ2n) is 5.48. The van der Waals surface area contributed by atoms with Gasteiger partial charge in [0.2, 0.25) is 0 Å². The van der Waals surface area contributed by atoms with Crippen molar-refractivity contribution < 1.29 is 23.0 Å². The monoisotopic (exact) mass is 292 g/mol. The van der Waals surface area contributed by atoms with Gasteiger partial charge in [-0.1, -0.05) is 0 Å². The summed E-state index contributed by atoms with van der Waals surface area (Å²) in [6, 6.07) is 0.379. The summed E-state index contributed by atoms with van der Waals surface area (Å²) in [5.41, 5.74) is 0. The number of hydrogen-bond acceptors (Lipinski definition) is 5. The smallest absolute Gasteiger partial charge is 0.377 e. The number of nitrogens with one attached hydrogen (secondary N) is 1. The summed E-state index contributed by atoms with van der Waals surface area (Å²) in [5, 5.41) is 3.38. The van der Waals surface area contributed by atoms with Gasteiger partial charge in [-0.25, -0.2) is 4.79 Å². The fourth-order valence-electron chi connectivity index (χ4n) is 2.74. The fraction of sp³-hybridized carbons (Fsp3) is 0.923. The van der Waals surface area contributed by atoms with Crippen LogP contribution in [0.4, 0.5) is 8.78 Å². The average Bonchev–Trinajstić information content (AvgIpc) is 2.95. The molecule has 0 radical (unpaired) electrons. The lowest BCUT2D eigenvalue weighted by Gasteiger charge is -2.27. The van der Waals surface area contributed by atoms with Crippen LogP contribution in [0.15, 0.2) is 0 Å². The summed E-state index contributed by atoms with van der Waals surface area (Å²) < 4.78 is 36.1. The topological polar surface area (TPSA) is 50.8 Å². The van der Waals surface area contributed by atoms with Gasteiger partial charge in [-0.05, 0) is 19.4 Å². The molecule has 0 amide bonds. The molecule has 1 N–H and O–H groups in total. The Hall–Kier alpha value is -0.790. The van der Waals surface area contributed by atoms with Crippen LogP contribution in [0.5, 0.6) is 0 Å². The number of cyclic esters (lactones) is 1. The molecule has 2 unspecified atom stereocenters.